The standard InChI is InChI=1S/C13H14F2N2O2S/c1-2-18-11-5-8(3-4-10(11)19-13(14)15)12-17-9(6-16)7-20-12/h3-5,7,13H,2,6,16H2,1H3. The molecule has 0 aliphatic rings. The fourth-order valence-electron chi connectivity index (χ4n) is 1.64. The average Bonchev–Trinajstić information content (AvgIpc) is 2.89. The van der Waals surface area contributed by atoms with Gasteiger partial charge in [-0.3, -0.25) is 0 Å². The highest BCUT2D eigenvalue weighted by Gasteiger charge is 2.13. The average molecular weight is 300 g/mol. The van der Waals surface area contributed by atoms with Gasteiger partial charge in [0, 0.05) is 17.5 Å². The summed E-state index contributed by atoms with van der Waals surface area (Å²) in [6.45, 7) is -0.394. The molecular weight excluding hydrogens is 286 g/mol. The summed E-state index contributed by atoms with van der Waals surface area (Å²) >= 11 is 1.44. The van der Waals surface area contributed by atoms with Crippen molar-refractivity contribution >= 4 is 11.3 Å². The van der Waals surface area contributed by atoms with Gasteiger partial charge in [0.2, 0.25) is 0 Å². The van der Waals surface area contributed by atoms with Crippen LogP contribution in [0.5, 0.6) is 11.5 Å². The van der Waals surface area contributed by atoms with Crippen molar-refractivity contribution in [1.82, 2.24) is 4.98 Å². The minimum Gasteiger partial charge on any atom is -0.490 e. The van der Waals surface area contributed by atoms with Crippen molar-refractivity contribution in [2.24, 2.45) is 5.73 Å². The molecule has 0 radical (unpaired) electrons. The molecule has 7 heteroatoms. The van der Waals surface area contributed by atoms with Crippen LogP contribution in [0.2, 0.25) is 0 Å². The van der Waals surface area contributed by atoms with Crippen LogP contribution >= 0.6 is 11.3 Å². The van der Waals surface area contributed by atoms with E-state index in [0.29, 0.717) is 13.2 Å². The Labute approximate surface area is 119 Å². The molecule has 0 atom stereocenters. The number of hydrogen-bond acceptors (Lipinski definition) is 5. The molecular formula is C13H14F2N2O2S. The molecule has 2 N–H and O–H groups in total. The molecule has 0 aliphatic carbocycles. The van der Waals surface area contributed by atoms with Crippen molar-refractivity contribution in [3.05, 3.63) is 29.3 Å². The highest BCUT2D eigenvalue weighted by Crippen LogP contribution is 2.34. The van der Waals surface area contributed by atoms with Gasteiger partial charge >= 0.3 is 6.61 Å². The number of nitrogens with zero attached hydrogens (tertiary/aromatic N) is 1. The Kier molecular flexibility index (Phi) is 4.86. The number of nitrogens with two attached hydrogens (primary N) is 1. The van der Waals surface area contributed by atoms with Gasteiger partial charge in [0.15, 0.2) is 11.5 Å². The summed E-state index contributed by atoms with van der Waals surface area (Å²) in [6, 6.07) is 4.76. The van der Waals surface area contributed by atoms with Crippen LogP contribution in [0.3, 0.4) is 0 Å². The number of rotatable bonds is 6. The molecule has 108 valence electrons. The van der Waals surface area contributed by atoms with Crippen molar-refractivity contribution in [3.8, 4) is 22.1 Å². The summed E-state index contributed by atoms with van der Waals surface area (Å²) in [6.07, 6.45) is 0. The summed E-state index contributed by atoms with van der Waals surface area (Å²) in [7, 11) is 0. The molecule has 20 heavy (non-hydrogen) atoms. The Morgan fingerprint density at radius 1 is 1.35 bits per heavy atom. The molecule has 1 aromatic heterocycles. The molecule has 0 bridgehead atoms. The maximum Gasteiger partial charge on any atom is 0.387 e. The minimum atomic E-state index is -2.89. The van der Waals surface area contributed by atoms with E-state index in [0.717, 1.165) is 16.3 Å². The second kappa shape index (κ2) is 6.62. The third-order valence-corrected chi connectivity index (χ3v) is 3.41. The van der Waals surface area contributed by atoms with Gasteiger partial charge in [-0.15, -0.1) is 11.3 Å². The molecule has 2 rings (SSSR count). The Hall–Kier alpha value is -1.73. The van der Waals surface area contributed by atoms with Crippen LogP contribution in [-0.2, 0) is 6.54 Å². The Balaban J connectivity index is 2.33. The van der Waals surface area contributed by atoms with Gasteiger partial charge in [0.05, 0.1) is 12.3 Å². The second-order valence-electron chi connectivity index (χ2n) is 3.82. The monoisotopic (exact) mass is 300 g/mol. The van der Waals surface area contributed by atoms with Gasteiger partial charge in [-0.05, 0) is 25.1 Å². The molecule has 1 heterocycles. The molecule has 0 unspecified atom stereocenters. The second-order valence-corrected chi connectivity index (χ2v) is 4.68. The first kappa shape index (κ1) is 14.7. The molecule has 0 fully saturated rings. The topological polar surface area (TPSA) is 57.4 Å². The quantitative estimate of drug-likeness (QED) is 0.889. The lowest BCUT2D eigenvalue weighted by molar-refractivity contribution is -0.0514. The number of thiazole rings is 1. The van der Waals surface area contributed by atoms with Crippen molar-refractivity contribution in [1.29, 1.82) is 0 Å². The van der Waals surface area contributed by atoms with Crippen LogP contribution in [-0.4, -0.2) is 18.2 Å². The normalized spacial score (nSPS) is 10.8. The SMILES string of the molecule is CCOc1cc(-c2nc(CN)cs2)ccc1OC(F)F. The lowest BCUT2D eigenvalue weighted by atomic mass is 10.2. The van der Waals surface area contributed by atoms with Crippen molar-refractivity contribution < 1.29 is 18.3 Å². The van der Waals surface area contributed by atoms with E-state index in [2.05, 4.69) is 9.72 Å². The first-order chi connectivity index (χ1) is 9.63. The van der Waals surface area contributed by atoms with E-state index in [1.807, 2.05) is 5.38 Å². The smallest absolute Gasteiger partial charge is 0.387 e. The molecule has 4 nitrogen and oxygen atoms in total. The summed E-state index contributed by atoms with van der Waals surface area (Å²) in [4.78, 5) is 4.34. The lowest BCUT2D eigenvalue weighted by Crippen LogP contribution is -2.04. The number of ether oxygens (including phenoxy) is 2. The predicted molar refractivity (Wildman–Crippen MR) is 73.2 cm³/mol. The summed E-state index contributed by atoms with van der Waals surface area (Å²) in [5.74, 6) is 0.288. The largest absolute Gasteiger partial charge is 0.490 e. The van der Waals surface area contributed by atoms with Gasteiger partial charge in [-0.2, -0.15) is 8.78 Å². The van der Waals surface area contributed by atoms with Crippen molar-refractivity contribution in [3.63, 3.8) is 0 Å². The highest BCUT2D eigenvalue weighted by atomic mass is 32.1. The summed E-state index contributed by atoms with van der Waals surface area (Å²) in [5.41, 5.74) is 7.08. The summed E-state index contributed by atoms with van der Waals surface area (Å²) < 4.78 is 34.4. The van der Waals surface area contributed by atoms with E-state index >= 15 is 0 Å². The van der Waals surface area contributed by atoms with Crippen LogP contribution in [0.1, 0.15) is 12.6 Å². The van der Waals surface area contributed by atoms with Crippen molar-refractivity contribution in [2.75, 3.05) is 6.61 Å². The zero-order valence-corrected chi connectivity index (χ0v) is 11.6. The molecule has 0 amide bonds. The van der Waals surface area contributed by atoms with Gasteiger partial charge in [-0.25, -0.2) is 4.98 Å². The third-order valence-electron chi connectivity index (χ3n) is 2.47. The van der Waals surface area contributed by atoms with E-state index in [1.54, 1.807) is 19.1 Å². The van der Waals surface area contributed by atoms with E-state index in [-0.39, 0.29) is 11.5 Å². The lowest BCUT2D eigenvalue weighted by Gasteiger charge is -2.12. The van der Waals surface area contributed by atoms with Crippen LogP contribution in [0.4, 0.5) is 8.78 Å². The Bertz CT molecular complexity index is 575. The maximum absolute atomic E-state index is 12.3. The van der Waals surface area contributed by atoms with E-state index in [4.69, 9.17) is 10.5 Å². The Morgan fingerprint density at radius 3 is 2.75 bits per heavy atom. The maximum atomic E-state index is 12.3. The number of benzene rings is 1. The Morgan fingerprint density at radius 2 is 2.15 bits per heavy atom. The van der Waals surface area contributed by atoms with Crippen LogP contribution in [0.15, 0.2) is 23.6 Å². The van der Waals surface area contributed by atoms with Gasteiger partial charge in [0.25, 0.3) is 0 Å². The molecule has 1 aromatic carbocycles. The van der Waals surface area contributed by atoms with Crippen LogP contribution in [0, 0.1) is 0 Å². The molecule has 2 aromatic rings. The van der Waals surface area contributed by atoms with Crippen LogP contribution < -0.4 is 15.2 Å². The number of alkyl halides is 2. The first-order valence-corrected chi connectivity index (χ1v) is 6.88. The predicted octanol–water partition coefficient (Wildman–Crippen LogP) is 3.27. The zero-order valence-electron chi connectivity index (χ0n) is 10.8. The minimum absolute atomic E-state index is 0.0150. The number of hydrogen-bond donors (Lipinski definition) is 1. The number of halogens is 2. The van der Waals surface area contributed by atoms with E-state index < -0.39 is 6.61 Å². The van der Waals surface area contributed by atoms with E-state index in [9.17, 15) is 8.78 Å². The van der Waals surface area contributed by atoms with Gasteiger partial charge < -0.3 is 15.2 Å². The summed E-state index contributed by atoms with van der Waals surface area (Å²) in [5, 5.41) is 2.62. The number of aromatic nitrogens is 1. The molecule has 0 saturated carbocycles. The molecule has 0 saturated heterocycles. The van der Waals surface area contributed by atoms with Crippen LogP contribution in [0.25, 0.3) is 10.6 Å². The molecule has 0 aliphatic heterocycles. The van der Waals surface area contributed by atoms with E-state index in [1.165, 1.54) is 17.4 Å². The fourth-order valence-corrected chi connectivity index (χ4v) is 2.47. The highest BCUT2D eigenvalue weighted by molar-refractivity contribution is 7.13. The zero-order chi connectivity index (χ0) is 14.5. The van der Waals surface area contributed by atoms with Gasteiger partial charge in [0.1, 0.15) is 5.01 Å². The fraction of sp³-hybridized carbons (Fsp3) is 0.308. The third kappa shape index (κ3) is 3.43. The molecule has 0 spiro atoms. The van der Waals surface area contributed by atoms with Gasteiger partial charge in [-0.1, -0.05) is 0 Å². The van der Waals surface area contributed by atoms with Crippen molar-refractivity contribution in [2.45, 2.75) is 20.1 Å². The first-order valence-electron chi connectivity index (χ1n) is 6.00.